The summed E-state index contributed by atoms with van der Waals surface area (Å²) in [6.07, 6.45) is 8.17. The number of carbonyl (C=O) groups excluding carboxylic acids is 2. The highest BCUT2D eigenvalue weighted by atomic mass is 16.5. The topological polar surface area (TPSA) is 119 Å². The van der Waals surface area contributed by atoms with Crippen molar-refractivity contribution in [3.8, 4) is 5.95 Å². The molecule has 2 N–H and O–H groups in total. The van der Waals surface area contributed by atoms with E-state index in [1.807, 2.05) is 0 Å². The maximum Gasteiger partial charge on any atom is 0.305 e. The summed E-state index contributed by atoms with van der Waals surface area (Å²) in [6, 6.07) is 1.70. The third-order valence-corrected chi connectivity index (χ3v) is 3.65. The minimum Gasteiger partial charge on any atom is -0.466 e. The second-order valence-electron chi connectivity index (χ2n) is 5.63. The fourth-order valence-electron chi connectivity index (χ4n) is 2.34. The highest BCUT2D eigenvalue weighted by molar-refractivity contribution is 5.93. The van der Waals surface area contributed by atoms with E-state index in [9.17, 15) is 14.4 Å². The number of unbranched alkanes of at least 4 members (excludes halogenated alkanes) is 3. The van der Waals surface area contributed by atoms with Gasteiger partial charge in [0.2, 0.25) is 5.95 Å². The number of aromatic amines is 1. The summed E-state index contributed by atoms with van der Waals surface area (Å²) in [5.74, 6) is -0.387. The standard InChI is InChI=1S/C17H23N5O4/c1-2-26-14(23)8-5-3-4-6-9-18-15(24)13-12-19-17(21-16(13)25)22-11-7-10-20-22/h7,10-12H,2-6,8-9H2,1H3,(H,18,24)(H,19,21,25). The number of ether oxygens (including phenoxy) is 1. The number of rotatable bonds is 10. The summed E-state index contributed by atoms with van der Waals surface area (Å²) < 4.78 is 6.26. The molecular weight excluding hydrogens is 338 g/mol. The van der Waals surface area contributed by atoms with Crippen molar-refractivity contribution in [1.82, 2.24) is 25.1 Å². The van der Waals surface area contributed by atoms with Gasteiger partial charge in [-0.1, -0.05) is 12.8 Å². The molecule has 140 valence electrons. The van der Waals surface area contributed by atoms with Crippen LogP contribution < -0.4 is 10.9 Å². The van der Waals surface area contributed by atoms with E-state index in [-0.39, 0.29) is 17.5 Å². The van der Waals surface area contributed by atoms with Gasteiger partial charge in [-0.05, 0) is 25.8 Å². The number of carbonyl (C=O) groups is 2. The number of aromatic nitrogens is 4. The molecule has 0 atom stereocenters. The van der Waals surface area contributed by atoms with Gasteiger partial charge in [0.15, 0.2) is 0 Å². The van der Waals surface area contributed by atoms with Crippen LogP contribution in [0.15, 0.2) is 29.5 Å². The zero-order valence-corrected chi connectivity index (χ0v) is 14.7. The Bertz CT molecular complexity index is 770. The van der Waals surface area contributed by atoms with Gasteiger partial charge in [0.25, 0.3) is 11.5 Å². The second-order valence-corrected chi connectivity index (χ2v) is 5.63. The van der Waals surface area contributed by atoms with Crippen molar-refractivity contribution in [2.24, 2.45) is 0 Å². The normalized spacial score (nSPS) is 10.5. The summed E-state index contributed by atoms with van der Waals surface area (Å²) in [4.78, 5) is 41.8. The lowest BCUT2D eigenvalue weighted by Crippen LogP contribution is -2.31. The van der Waals surface area contributed by atoms with Gasteiger partial charge in [-0.25, -0.2) is 9.67 Å². The van der Waals surface area contributed by atoms with Gasteiger partial charge in [0.1, 0.15) is 5.56 Å². The van der Waals surface area contributed by atoms with Gasteiger partial charge in [0.05, 0.1) is 6.61 Å². The fraction of sp³-hybridized carbons (Fsp3) is 0.471. The van der Waals surface area contributed by atoms with E-state index in [4.69, 9.17) is 4.74 Å². The molecule has 0 aliphatic carbocycles. The van der Waals surface area contributed by atoms with E-state index in [1.54, 1.807) is 25.4 Å². The third kappa shape index (κ3) is 5.83. The fourth-order valence-corrected chi connectivity index (χ4v) is 2.34. The average Bonchev–Trinajstić information content (AvgIpc) is 3.15. The van der Waals surface area contributed by atoms with Crippen LogP contribution in [0.1, 0.15) is 49.4 Å². The molecule has 9 nitrogen and oxygen atoms in total. The van der Waals surface area contributed by atoms with E-state index >= 15 is 0 Å². The maximum atomic E-state index is 12.1. The quantitative estimate of drug-likeness (QED) is 0.485. The summed E-state index contributed by atoms with van der Waals surface area (Å²) >= 11 is 0. The molecule has 0 spiro atoms. The van der Waals surface area contributed by atoms with Crippen LogP contribution in [0.25, 0.3) is 5.95 Å². The number of nitrogens with one attached hydrogen (secondary N) is 2. The monoisotopic (exact) mass is 361 g/mol. The zero-order valence-electron chi connectivity index (χ0n) is 14.7. The molecule has 2 aromatic rings. The molecule has 2 aromatic heterocycles. The minimum absolute atomic E-state index is 0.0387. The Labute approximate surface area is 150 Å². The van der Waals surface area contributed by atoms with Gasteiger partial charge < -0.3 is 10.1 Å². The van der Waals surface area contributed by atoms with Gasteiger partial charge in [-0.15, -0.1) is 0 Å². The Morgan fingerprint density at radius 1 is 1.27 bits per heavy atom. The van der Waals surface area contributed by atoms with Gasteiger partial charge in [-0.2, -0.15) is 5.10 Å². The summed E-state index contributed by atoms with van der Waals surface area (Å²) in [5.41, 5.74) is -0.555. The van der Waals surface area contributed by atoms with Crippen molar-refractivity contribution in [3.05, 3.63) is 40.6 Å². The molecule has 0 bridgehead atoms. The first-order valence-electron chi connectivity index (χ1n) is 8.65. The molecule has 0 fully saturated rings. The van der Waals surface area contributed by atoms with Gasteiger partial charge in [-0.3, -0.25) is 19.4 Å². The van der Waals surface area contributed by atoms with Gasteiger partial charge >= 0.3 is 5.97 Å². The van der Waals surface area contributed by atoms with Crippen LogP contribution in [-0.2, 0) is 9.53 Å². The summed E-state index contributed by atoms with van der Waals surface area (Å²) in [6.45, 7) is 2.65. The van der Waals surface area contributed by atoms with Crippen molar-refractivity contribution in [2.45, 2.75) is 39.0 Å². The van der Waals surface area contributed by atoms with Crippen LogP contribution in [-0.4, -0.2) is 44.8 Å². The lowest BCUT2D eigenvalue weighted by Gasteiger charge is -2.06. The van der Waals surface area contributed by atoms with Gasteiger partial charge in [0, 0.05) is 31.6 Å². The van der Waals surface area contributed by atoms with E-state index in [1.165, 1.54) is 10.9 Å². The summed E-state index contributed by atoms with van der Waals surface area (Å²) in [7, 11) is 0. The highest BCUT2D eigenvalue weighted by Crippen LogP contribution is 2.04. The van der Waals surface area contributed by atoms with E-state index in [0.29, 0.717) is 19.6 Å². The SMILES string of the molecule is CCOC(=O)CCCCCCNC(=O)c1cnc(-n2cccn2)[nH]c1=O. The Kier molecular flexibility index (Phi) is 7.53. The Hall–Kier alpha value is -2.97. The molecule has 9 heteroatoms. The molecule has 0 unspecified atom stereocenters. The molecule has 0 radical (unpaired) electrons. The molecule has 0 aliphatic heterocycles. The number of nitrogens with zero attached hydrogens (tertiary/aromatic N) is 3. The van der Waals surface area contributed by atoms with Crippen LogP contribution in [0, 0.1) is 0 Å². The average molecular weight is 361 g/mol. The summed E-state index contributed by atoms with van der Waals surface area (Å²) in [5, 5.41) is 6.66. The Morgan fingerprint density at radius 2 is 2.08 bits per heavy atom. The van der Waals surface area contributed by atoms with E-state index < -0.39 is 11.5 Å². The largest absolute Gasteiger partial charge is 0.466 e. The van der Waals surface area contributed by atoms with Crippen molar-refractivity contribution in [1.29, 1.82) is 0 Å². The number of hydrogen-bond donors (Lipinski definition) is 2. The number of H-pyrrole nitrogens is 1. The minimum atomic E-state index is -0.516. The Morgan fingerprint density at radius 3 is 2.77 bits per heavy atom. The second kappa shape index (κ2) is 10.1. The maximum absolute atomic E-state index is 12.1. The molecule has 0 aliphatic rings. The lowest BCUT2D eigenvalue weighted by atomic mass is 10.1. The van der Waals surface area contributed by atoms with E-state index in [2.05, 4.69) is 20.4 Å². The predicted molar refractivity (Wildman–Crippen MR) is 94.0 cm³/mol. The number of hydrogen-bond acceptors (Lipinski definition) is 6. The van der Waals surface area contributed by atoms with Crippen molar-refractivity contribution >= 4 is 11.9 Å². The molecule has 0 aromatic carbocycles. The smallest absolute Gasteiger partial charge is 0.305 e. The molecule has 0 saturated carbocycles. The van der Waals surface area contributed by atoms with Crippen molar-refractivity contribution in [2.75, 3.05) is 13.2 Å². The van der Waals surface area contributed by atoms with Crippen LogP contribution in [0.5, 0.6) is 0 Å². The lowest BCUT2D eigenvalue weighted by molar-refractivity contribution is -0.143. The molecule has 26 heavy (non-hydrogen) atoms. The highest BCUT2D eigenvalue weighted by Gasteiger charge is 2.12. The first-order valence-corrected chi connectivity index (χ1v) is 8.65. The molecule has 0 saturated heterocycles. The van der Waals surface area contributed by atoms with Crippen LogP contribution in [0.2, 0.25) is 0 Å². The molecule has 2 rings (SSSR count). The van der Waals surface area contributed by atoms with Crippen LogP contribution in [0.3, 0.4) is 0 Å². The van der Waals surface area contributed by atoms with E-state index in [0.717, 1.165) is 25.7 Å². The van der Waals surface area contributed by atoms with Crippen molar-refractivity contribution < 1.29 is 14.3 Å². The first-order chi connectivity index (χ1) is 12.6. The zero-order chi connectivity index (χ0) is 18.8. The van der Waals surface area contributed by atoms with Crippen LogP contribution in [0.4, 0.5) is 0 Å². The molecule has 2 heterocycles. The molecular formula is C17H23N5O4. The van der Waals surface area contributed by atoms with Crippen LogP contribution >= 0.6 is 0 Å². The number of esters is 1. The Balaban J connectivity index is 1.70. The first kappa shape index (κ1) is 19.4. The molecule has 1 amide bonds. The number of amides is 1. The van der Waals surface area contributed by atoms with Crippen molar-refractivity contribution in [3.63, 3.8) is 0 Å². The predicted octanol–water partition coefficient (Wildman–Crippen LogP) is 1.20. The third-order valence-electron chi connectivity index (χ3n) is 3.65.